The van der Waals surface area contributed by atoms with Crippen molar-refractivity contribution in [1.29, 1.82) is 0 Å². The van der Waals surface area contributed by atoms with E-state index in [4.69, 9.17) is 20.3 Å². The monoisotopic (exact) mass is 425 g/mol. The first kappa shape index (κ1) is 25.7. The number of aliphatic carboxylic acids is 1. The van der Waals surface area contributed by atoms with E-state index in [2.05, 4.69) is 18.6 Å². The van der Waals surface area contributed by atoms with Gasteiger partial charge in [-0.15, -0.1) is 0 Å². The first-order chi connectivity index (χ1) is 14.1. The minimum Gasteiger partial charge on any atom is -0.493 e. The third-order valence-corrected chi connectivity index (χ3v) is 5.33. The number of benzene rings is 1. The lowest BCUT2D eigenvalue weighted by molar-refractivity contribution is -0.143. The summed E-state index contributed by atoms with van der Waals surface area (Å²) in [5.41, 5.74) is 7.17. The van der Waals surface area contributed by atoms with E-state index < -0.39 is 30.0 Å². The molecule has 0 aliphatic carbocycles. The van der Waals surface area contributed by atoms with Gasteiger partial charge in [-0.1, -0.05) is 26.8 Å². The Balaban J connectivity index is 2.86. The van der Waals surface area contributed by atoms with E-state index in [0.29, 0.717) is 30.3 Å². The molecule has 1 aromatic rings. The fraction of sp³-hybridized carbons (Fsp3) is 0.636. The molecule has 0 bridgehead atoms. The molecule has 0 fully saturated rings. The number of aliphatic hydroxyl groups excluding tert-OH is 1. The average Bonchev–Trinajstić information content (AvgIpc) is 2.70. The van der Waals surface area contributed by atoms with E-state index in [1.54, 1.807) is 13.0 Å². The lowest BCUT2D eigenvalue weighted by Crippen LogP contribution is -2.39. The molecule has 0 aliphatic rings. The minimum atomic E-state index is -0.945. The van der Waals surface area contributed by atoms with E-state index in [0.717, 1.165) is 5.56 Å². The van der Waals surface area contributed by atoms with Gasteiger partial charge >= 0.3 is 11.9 Å². The highest BCUT2D eigenvalue weighted by molar-refractivity contribution is 5.71. The lowest BCUT2D eigenvalue weighted by Gasteiger charge is -2.28. The van der Waals surface area contributed by atoms with Crippen LogP contribution in [0.4, 0.5) is 0 Å². The standard InChI is InChI=1S/C22H35NO7/c1-13(2)16(11-17(23)18(24)8-14(3)22(26)27)9-15-6-7-19(28-4)20(10-15)30-12-21(25)29-5/h6-7,10,13-14,16-18,24H,8-9,11-12,23H2,1-5H3,(H,26,27)/t14-,16+,17+,18+/m1/s1. The van der Waals surface area contributed by atoms with Crippen LogP contribution in [0.15, 0.2) is 18.2 Å². The van der Waals surface area contributed by atoms with E-state index in [9.17, 15) is 14.7 Å². The Labute approximate surface area is 178 Å². The normalized spacial score (nSPS) is 15.2. The van der Waals surface area contributed by atoms with Gasteiger partial charge in [-0.05, 0) is 48.8 Å². The van der Waals surface area contributed by atoms with E-state index in [-0.39, 0.29) is 18.9 Å². The molecule has 4 N–H and O–H groups in total. The number of carbonyl (C=O) groups excluding carboxylic acids is 1. The average molecular weight is 426 g/mol. The molecular weight excluding hydrogens is 390 g/mol. The van der Waals surface area contributed by atoms with Crippen molar-refractivity contribution in [3.63, 3.8) is 0 Å². The Bertz CT molecular complexity index is 692. The highest BCUT2D eigenvalue weighted by Gasteiger charge is 2.26. The molecule has 0 saturated heterocycles. The minimum absolute atomic E-state index is 0.120. The highest BCUT2D eigenvalue weighted by Crippen LogP contribution is 2.31. The van der Waals surface area contributed by atoms with Crippen LogP contribution < -0.4 is 15.2 Å². The number of methoxy groups -OCH3 is 2. The second-order valence-electron chi connectivity index (χ2n) is 8.00. The number of carboxylic acid groups (broad SMARTS) is 1. The van der Waals surface area contributed by atoms with Gasteiger partial charge in [0.15, 0.2) is 18.1 Å². The van der Waals surface area contributed by atoms with Crippen LogP contribution in [-0.2, 0) is 20.7 Å². The molecule has 8 nitrogen and oxygen atoms in total. The first-order valence-corrected chi connectivity index (χ1v) is 10.1. The summed E-state index contributed by atoms with van der Waals surface area (Å²) >= 11 is 0. The molecule has 0 saturated carbocycles. The second-order valence-corrected chi connectivity index (χ2v) is 8.00. The molecule has 0 aliphatic heterocycles. The quantitative estimate of drug-likeness (QED) is 0.411. The largest absolute Gasteiger partial charge is 0.493 e. The number of carbonyl (C=O) groups is 2. The maximum Gasteiger partial charge on any atom is 0.343 e. The van der Waals surface area contributed by atoms with Crippen LogP contribution in [0.2, 0.25) is 0 Å². The van der Waals surface area contributed by atoms with Crippen LogP contribution in [0.25, 0.3) is 0 Å². The molecule has 1 aromatic carbocycles. The summed E-state index contributed by atoms with van der Waals surface area (Å²) in [7, 11) is 2.82. The number of nitrogens with two attached hydrogens (primary N) is 1. The molecule has 0 spiro atoms. The fourth-order valence-electron chi connectivity index (χ4n) is 3.19. The summed E-state index contributed by atoms with van der Waals surface area (Å²) in [5, 5.41) is 19.4. The molecule has 4 atom stereocenters. The maximum atomic E-state index is 11.4. The van der Waals surface area contributed by atoms with Gasteiger partial charge in [0.1, 0.15) is 0 Å². The van der Waals surface area contributed by atoms with Crippen LogP contribution in [0.1, 0.15) is 39.2 Å². The first-order valence-electron chi connectivity index (χ1n) is 10.1. The van der Waals surface area contributed by atoms with Crippen molar-refractivity contribution >= 4 is 11.9 Å². The predicted molar refractivity (Wildman–Crippen MR) is 113 cm³/mol. The summed E-state index contributed by atoms with van der Waals surface area (Å²) in [6, 6.07) is 5.01. The second kappa shape index (κ2) is 12.4. The zero-order valence-corrected chi connectivity index (χ0v) is 18.5. The smallest absolute Gasteiger partial charge is 0.343 e. The van der Waals surface area contributed by atoms with E-state index in [1.165, 1.54) is 14.2 Å². The number of carboxylic acids is 1. The molecule has 0 unspecified atom stereocenters. The van der Waals surface area contributed by atoms with E-state index >= 15 is 0 Å². The van der Waals surface area contributed by atoms with Gasteiger partial charge in [0, 0.05) is 6.04 Å². The number of ether oxygens (including phenoxy) is 3. The lowest BCUT2D eigenvalue weighted by atomic mass is 9.82. The molecule has 0 aromatic heterocycles. The number of esters is 1. The Morgan fingerprint density at radius 1 is 1.10 bits per heavy atom. The Hall–Kier alpha value is -2.32. The van der Waals surface area contributed by atoms with Crippen molar-refractivity contribution in [2.24, 2.45) is 23.5 Å². The van der Waals surface area contributed by atoms with Crippen molar-refractivity contribution in [3.8, 4) is 11.5 Å². The SMILES string of the molecule is COC(=O)COc1cc(C[C@@H](C[C@H](N)[C@@H](O)C[C@@H](C)C(=O)O)C(C)C)ccc1OC. The number of hydrogen-bond donors (Lipinski definition) is 3. The van der Waals surface area contributed by atoms with Crippen LogP contribution in [0.5, 0.6) is 11.5 Å². The molecule has 8 heteroatoms. The molecule has 170 valence electrons. The van der Waals surface area contributed by atoms with Crippen molar-refractivity contribution in [2.45, 2.75) is 52.2 Å². The van der Waals surface area contributed by atoms with Crippen molar-refractivity contribution in [3.05, 3.63) is 23.8 Å². The summed E-state index contributed by atoms with van der Waals surface area (Å²) < 4.78 is 15.4. The van der Waals surface area contributed by atoms with Crippen molar-refractivity contribution < 1.29 is 34.0 Å². The third-order valence-electron chi connectivity index (χ3n) is 5.33. The highest BCUT2D eigenvalue weighted by atomic mass is 16.6. The van der Waals surface area contributed by atoms with Gasteiger partial charge in [-0.3, -0.25) is 4.79 Å². The van der Waals surface area contributed by atoms with Gasteiger partial charge < -0.3 is 30.2 Å². The summed E-state index contributed by atoms with van der Waals surface area (Å²) in [4.78, 5) is 22.4. The maximum absolute atomic E-state index is 11.4. The van der Waals surface area contributed by atoms with Gasteiger partial charge in [-0.25, -0.2) is 4.79 Å². The molecule has 0 heterocycles. The molecule has 0 amide bonds. The zero-order chi connectivity index (χ0) is 22.8. The molecule has 0 radical (unpaired) electrons. The van der Waals surface area contributed by atoms with Crippen LogP contribution in [-0.4, -0.2) is 55.1 Å². The summed E-state index contributed by atoms with van der Waals surface area (Å²) in [6.45, 7) is 5.51. The number of rotatable bonds is 13. The Kier molecular flexibility index (Phi) is 10.6. The van der Waals surface area contributed by atoms with Gasteiger partial charge in [0.25, 0.3) is 0 Å². The van der Waals surface area contributed by atoms with Crippen molar-refractivity contribution in [1.82, 2.24) is 0 Å². The van der Waals surface area contributed by atoms with E-state index in [1.807, 2.05) is 12.1 Å². The van der Waals surface area contributed by atoms with Crippen LogP contribution >= 0.6 is 0 Å². The zero-order valence-electron chi connectivity index (χ0n) is 18.5. The van der Waals surface area contributed by atoms with Gasteiger partial charge in [0.2, 0.25) is 0 Å². The van der Waals surface area contributed by atoms with Crippen molar-refractivity contribution in [2.75, 3.05) is 20.8 Å². The Morgan fingerprint density at radius 3 is 2.30 bits per heavy atom. The molecule has 30 heavy (non-hydrogen) atoms. The predicted octanol–water partition coefficient (Wildman–Crippen LogP) is 2.25. The summed E-state index contributed by atoms with van der Waals surface area (Å²) in [5.74, 6) is -0.670. The third kappa shape index (κ3) is 8.20. The number of hydrogen-bond acceptors (Lipinski definition) is 7. The van der Waals surface area contributed by atoms with Crippen LogP contribution in [0.3, 0.4) is 0 Å². The molecule has 1 rings (SSSR count). The van der Waals surface area contributed by atoms with Gasteiger partial charge in [-0.2, -0.15) is 0 Å². The Morgan fingerprint density at radius 2 is 1.77 bits per heavy atom. The van der Waals surface area contributed by atoms with Gasteiger partial charge in [0.05, 0.1) is 26.2 Å². The van der Waals surface area contributed by atoms with Crippen LogP contribution in [0, 0.1) is 17.8 Å². The fourth-order valence-corrected chi connectivity index (χ4v) is 3.19. The number of aliphatic hydroxyl groups is 1. The summed E-state index contributed by atoms with van der Waals surface area (Å²) in [6.07, 6.45) is 0.475. The molecular formula is C22H35NO7. The topological polar surface area (TPSA) is 128 Å².